The van der Waals surface area contributed by atoms with Gasteiger partial charge in [0.25, 0.3) is 0 Å². The molecule has 0 bridgehead atoms. The maximum atomic E-state index is 11.7. The molecule has 0 saturated carbocycles. The number of aryl methyl sites for hydroxylation is 1. The molecule has 1 aromatic carbocycles. The molecule has 1 amide bonds. The number of carbonyl (C=O) groups is 1. The summed E-state index contributed by atoms with van der Waals surface area (Å²) >= 11 is 0. The molecule has 6 nitrogen and oxygen atoms in total. The van der Waals surface area contributed by atoms with Crippen molar-refractivity contribution in [3.05, 3.63) is 35.4 Å². The maximum Gasteiger partial charge on any atom is 0.409 e. The number of hydrogen-bond donors (Lipinski definition) is 2. The minimum Gasteiger partial charge on any atom is -0.450 e. The van der Waals surface area contributed by atoms with Gasteiger partial charge in [0.2, 0.25) is 0 Å². The Bertz CT molecular complexity index is 551. The second-order valence-electron chi connectivity index (χ2n) is 5.73. The molecule has 0 atom stereocenters. The van der Waals surface area contributed by atoms with Crippen LogP contribution in [0.15, 0.2) is 29.3 Å². The number of amides is 1. The van der Waals surface area contributed by atoms with Crippen molar-refractivity contribution in [1.82, 2.24) is 10.2 Å². The topological polar surface area (TPSA) is 80.0 Å². The molecule has 0 radical (unpaired) electrons. The number of hydrogen-bond acceptors (Lipinski definition) is 3. The minimum absolute atomic E-state index is 0.229. The smallest absolute Gasteiger partial charge is 0.409 e. The molecular weight excluding hydrogens is 292 g/mol. The van der Waals surface area contributed by atoms with E-state index < -0.39 is 0 Å². The third kappa shape index (κ3) is 5.16. The zero-order valence-corrected chi connectivity index (χ0v) is 13.9. The third-order valence-electron chi connectivity index (χ3n) is 4.05. The number of likely N-dealkylation sites (tertiary alicyclic amines) is 1. The molecule has 0 unspecified atom stereocenters. The normalized spacial score (nSPS) is 16.3. The summed E-state index contributed by atoms with van der Waals surface area (Å²) in [4.78, 5) is 17.8. The summed E-state index contributed by atoms with van der Waals surface area (Å²) in [5.74, 6) is 0.461. The number of nitrogens with one attached hydrogen (secondary N) is 1. The van der Waals surface area contributed by atoms with Crippen LogP contribution in [0.2, 0.25) is 0 Å². The second-order valence-corrected chi connectivity index (χ2v) is 5.73. The standard InChI is InChI=1S/C17H26N4O2/c1-3-23-17(22)21-10-8-15(9-11-21)20-16(18)19-12-14-7-5-4-6-13(14)2/h4-7,15H,3,8-12H2,1-2H3,(H3,18,19,20). The fourth-order valence-corrected chi connectivity index (χ4v) is 2.63. The quantitative estimate of drug-likeness (QED) is 0.657. The highest BCUT2D eigenvalue weighted by Crippen LogP contribution is 2.12. The maximum absolute atomic E-state index is 11.7. The van der Waals surface area contributed by atoms with Gasteiger partial charge in [0, 0.05) is 19.1 Å². The van der Waals surface area contributed by atoms with Crippen molar-refractivity contribution in [2.75, 3.05) is 19.7 Å². The van der Waals surface area contributed by atoms with Crippen molar-refractivity contribution in [3.8, 4) is 0 Å². The lowest BCUT2D eigenvalue weighted by molar-refractivity contribution is 0.0963. The summed E-state index contributed by atoms with van der Waals surface area (Å²) in [6.07, 6.45) is 1.46. The van der Waals surface area contributed by atoms with Crippen LogP contribution >= 0.6 is 0 Å². The van der Waals surface area contributed by atoms with Gasteiger partial charge in [-0.3, -0.25) is 0 Å². The number of benzene rings is 1. The Morgan fingerprint density at radius 1 is 1.39 bits per heavy atom. The van der Waals surface area contributed by atoms with Crippen molar-refractivity contribution < 1.29 is 9.53 Å². The molecule has 2 rings (SSSR count). The Kier molecular flexibility index (Phi) is 6.26. The molecule has 126 valence electrons. The molecule has 1 fully saturated rings. The molecule has 1 aromatic rings. The number of nitrogens with zero attached hydrogens (tertiary/aromatic N) is 2. The molecule has 0 aromatic heterocycles. The number of aliphatic imine (C=N–C) groups is 1. The Morgan fingerprint density at radius 2 is 2.09 bits per heavy atom. The van der Waals surface area contributed by atoms with E-state index in [1.807, 2.05) is 19.1 Å². The van der Waals surface area contributed by atoms with Crippen molar-refractivity contribution in [2.45, 2.75) is 39.3 Å². The lowest BCUT2D eigenvalue weighted by Crippen LogP contribution is -2.48. The Hall–Kier alpha value is -2.24. The summed E-state index contributed by atoms with van der Waals surface area (Å²) in [6, 6.07) is 8.40. The van der Waals surface area contributed by atoms with E-state index in [1.54, 1.807) is 4.90 Å². The van der Waals surface area contributed by atoms with Gasteiger partial charge >= 0.3 is 6.09 Å². The number of nitrogens with two attached hydrogens (primary N) is 1. The van der Waals surface area contributed by atoms with Crippen LogP contribution in [-0.4, -0.2) is 42.7 Å². The number of carbonyl (C=O) groups excluding carboxylic acids is 1. The van der Waals surface area contributed by atoms with Crippen LogP contribution in [-0.2, 0) is 11.3 Å². The minimum atomic E-state index is -0.229. The fraction of sp³-hybridized carbons (Fsp3) is 0.529. The van der Waals surface area contributed by atoms with E-state index in [4.69, 9.17) is 10.5 Å². The van der Waals surface area contributed by atoms with Gasteiger partial charge in [-0.15, -0.1) is 0 Å². The molecule has 1 saturated heterocycles. The van der Waals surface area contributed by atoms with E-state index in [9.17, 15) is 4.79 Å². The van der Waals surface area contributed by atoms with E-state index in [0.29, 0.717) is 32.2 Å². The van der Waals surface area contributed by atoms with Crippen LogP contribution < -0.4 is 11.1 Å². The van der Waals surface area contributed by atoms with Gasteiger partial charge in [-0.05, 0) is 37.8 Å². The molecule has 23 heavy (non-hydrogen) atoms. The lowest BCUT2D eigenvalue weighted by Gasteiger charge is -2.31. The molecule has 1 aliphatic heterocycles. The molecule has 1 aliphatic rings. The largest absolute Gasteiger partial charge is 0.450 e. The lowest BCUT2D eigenvalue weighted by atomic mass is 10.1. The molecule has 0 aliphatic carbocycles. The number of piperidine rings is 1. The van der Waals surface area contributed by atoms with E-state index in [2.05, 4.69) is 29.4 Å². The van der Waals surface area contributed by atoms with Gasteiger partial charge in [0.1, 0.15) is 0 Å². The molecular formula is C17H26N4O2. The van der Waals surface area contributed by atoms with E-state index in [1.165, 1.54) is 11.1 Å². The molecule has 0 spiro atoms. The van der Waals surface area contributed by atoms with E-state index >= 15 is 0 Å². The molecule has 1 heterocycles. The van der Waals surface area contributed by atoms with Crippen molar-refractivity contribution >= 4 is 12.1 Å². The summed E-state index contributed by atoms with van der Waals surface area (Å²) in [5, 5.41) is 3.25. The number of guanidine groups is 1. The first-order valence-electron chi connectivity index (χ1n) is 8.12. The van der Waals surface area contributed by atoms with E-state index in [-0.39, 0.29) is 12.1 Å². The van der Waals surface area contributed by atoms with Gasteiger partial charge in [0.05, 0.1) is 13.2 Å². The number of ether oxygens (including phenoxy) is 1. The summed E-state index contributed by atoms with van der Waals surface area (Å²) in [6.45, 7) is 6.24. The molecule has 3 N–H and O–H groups in total. The van der Waals surface area contributed by atoms with Crippen LogP contribution in [0.3, 0.4) is 0 Å². The average Bonchev–Trinajstić information content (AvgIpc) is 2.55. The second kappa shape index (κ2) is 8.41. The van der Waals surface area contributed by atoms with Crippen LogP contribution in [0, 0.1) is 6.92 Å². The van der Waals surface area contributed by atoms with Crippen LogP contribution in [0.25, 0.3) is 0 Å². The van der Waals surface area contributed by atoms with Crippen LogP contribution in [0.5, 0.6) is 0 Å². The zero-order valence-electron chi connectivity index (χ0n) is 13.9. The predicted octanol–water partition coefficient (Wildman–Crippen LogP) is 2.02. The highest BCUT2D eigenvalue weighted by molar-refractivity contribution is 5.78. The number of rotatable bonds is 4. The summed E-state index contributed by atoms with van der Waals surface area (Å²) in [5.41, 5.74) is 8.37. The van der Waals surface area contributed by atoms with Crippen molar-refractivity contribution in [2.24, 2.45) is 10.7 Å². The average molecular weight is 318 g/mol. The fourth-order valence-electron chi connectivity index (χ4n) is 2.63. The van der Waals surface area contributed by atoms with E-state index in [0.717, 1.165) is 12.8 Å². The third-order valence-corrected chi connectivity index (χ3v) is 4.05. The van der Waals surface area contributed by atoms with Gasteiger partial charge in [-0.2, -0.15) is 0 Å². The van der Waals surface area contributed by atoms with Gasteiger partial charge < -0.3 is 20.7 Å². The van der Waals surface area contributed by atoms with Gasteiger partial charge in [0.15, 0.2) is 5.96 Å². The monoisotopic (exact) mass is 318 g/mol. The molecule has 6 heteroatoms. The van der Waals surface area contributed by atoms with Crippen LogP contribution in [0.4, 0.5) is 4.79 Å². The van der Waals surface area contributed by atoms with Gasteiger partial charge in [-0.25, -0.2) is 9.79 Å². The van der Waals surface area contributed by atoms with Crippen LogP contribution in [0.1, 0.15) is 30.9 Å². The predicted molar refractivity (Wildman–Crippen MR) is 91.3 cm³/mol. The van der Waals surface area contributed by atoms with Crippen molar-refractivity contribution in [1.29, 1.82) is 0 Å². The Morgan fingerprint density at radius 3 is 2.74 bits per heavy atom. The Balaban J connectivity index is 1.78. The van der Waals surface area contributed by atoms with Crippen molar-refractivity contribution in [3.63, 3.8) is 0 Å². The first kappa shape index (κ1) is 17.1. The summed E-state index contributed by atoms with van der Waals surface area (Å²) in [7, 11) is 0. The summed E-state index contributed by atoms with van der Waals surface area (Å²) < 4.78 is 5.01. The van der Waals surface area contributed by atoms with Gasteiger partial charge in [-0.1, -0.05) is 24.3 Å². The Labute approximate surface area is 137 Å². The highest BCUT2D eigenvalue weighted by Gasteiger charge is 2.23. The first-order chi connectivity index (χ1) is 11.1. The first-order valence-corrected chi connectivity index (χ1v) is 8.12. The SMILES string of the molecule is CCOC(=O)N1CCC(NC(N)=NCc2ccccc2C)CC1. The zero-order chi connectivity index (χ0) is 16.7. The highest BCUT2D eigenvalue weighted by atomic mass is 16.6.